The molecule has 0 atom stereocenters. The van der Waals surface area contributed by atoms with Crippen LogP contribution in [-0.4, -0.2) is 11.7 Å². The molecule has 11 heavy (non-hydrogen) atoms. The fourth-order valence-electron chi connectivity index (χ4n) is 0.796. The van der Waals surface area contributed by atoms with Crippen LogP contribution in [0, 0.1) is 6.92 Å². The lowest BCUT2D eigenvalue weighted by molar-refractivity contribution is 1.23. The zero-order valence-electron chi connectivity index (χ0n) is 6.49. The molecule has 1 rings (SSSR count). The maximum atomic E-state index is 4.14. The molecule has 1 heterocycles. The molecule has 2 heteroatoms. The van der Waals surface area contributed by atoms with Crippen LogP contribution in [0.15, 0.2) is 29.5 Å². The average molecular weight is 146 g/mol. The van der Waals surface area contributed by atoms with Gasteiger partial charge in [0.1, 0.15) is 0 Å². The van der Waals surface area contributed by atoms with E-state index in [1.807, 2.05) is 25.1 Å². The quantitative estimate of drug-likeness (QED) is 0.586. The standard InChI is InChI=1S/C9H10N2/c1-8-4-3-6-11-9(8)5-7-10-2/h3-7H,2H2,1H3/b7-5-. The van der Waals surface area contributed by atoms with Crippen molar-refractivity contribution >= 4 is 12.8 Å². The minimum absolute atomic E-state index is 0.944. The van der Waals surface area contributed by atoms with Crippen LogP contribution in [-0.2, 0) is 0 Å². The number of aromatic nitrogens is 1. The molecule has 0 bridgehead atoms. The van der Waals surface area contributed by atoms with E-state index in [9.17, 15) is 0 Å². The van der Waals surface area contributed by atoms with Crippen LogP contribution in [0.1, 0.15) is 11.3 Å². The van der Waals surface area contributed by atoms with Crippen molar-refractivity contribution in [2.45, 2.75) is 6.92 Å². The van der Waals surface area contributed by atoms with E-state index in [1.54, 1.807) is 12.4 Å². The third-order valence-corrected chi connectivity index (χ3v) is 1.39. The Morgan fingerprint density at radius 1 is 1.64 bits per heavy atom. The SMILES string of the molecule is C=N/C=C\c1ncccc1C. The Morgan fingerprint density at radius 2 is 2.45 bits per heavy atom. The summed E-state index contributed by atoms with van der Waals surface area (Å²) >= 11 is 0. The number of hydrogen-bond donors (Lipinski definition) is 0. The van der Waals surface area contributed by atoms with Gasteiger partial charge in [0.05, 0.1) is 5.69 Å². The molecule has 0 spiro atoms. The van der Waals surface area contributed by atoms with E-state index in [-0.39, 0.29) is 0 Å². The second-order valence-corrected chi connectivity index (χ2v) is 2.20. The summed E-state index contributed by atoms with van der Waals surface area (Å²) in [5.41, 5.74) is 2.09. The molecular weight excluding hydrogens is 136 g/mol. The fourth-order valence-corrected chi connectivity index (χ4v) is 0.796. The van der Waals surface area contributed by atoms with E-state index in [0.717, 1.165) is 11.3 Å². The third-order valence-electron chi connectivity index (χ3n) is 1.39. The molecule has 0 aliphatic carbocycles. The van der Waals surface area contributed by atoms with Crippen LogP contribution in [0.5, 0.6) is 0 Å². The van der Waals surface area contributed by atoms with Gasteiger partial charge in [0, 0.05) is 12.4 Å². The van der Waals surface area contributed by atoms with Gasteiger partial charge in [0.25, 0.3) is 0 Å². The van der Waals surface area contributed by atoms with Crippen LogP contribution in [0.4, 0.5) is 0 Å². The fraction of sp³-hybridized carbons (Fsp3) is 0.111. The Bertz CT molecular complexity index is 277. The lowest BCUT2D eigenvalue weighted by Crippen LogP contribution is -1.83. The van der Waals surface area contributed by atoms with Crippen molar-refractivity contribution in [3.05, 3.63) is 35.8 Å². The number of pyridine rings is 1. The molecule has 0 fully saturated rings. The largest absolute Gasteiger partial charge is 0.272 e. The van der Waals surface area contributed by atoms with Crippen molar-refractivity contribution < 1.29 is 0 Å². The first kappa shape index (κ1) is 7.66. The summed E-state index contributed by atoms with van der Waals surface area (Å²) < 4.78 is 0. The number of nitrogens with zero attached hydrogens (tertiary/aromatic N) is 2. The van der Waals surface area contributed by atoms with Crippen LogP contribution in [0.3, 0.4) is 0 Å². The third kappa shape index (κ3) is 2.00. The molecule has 56 valence electrons. The first-order chi connectivity index (χ1) is 5.34. The highest BCUT2D eigenvalue weighted by molar-refractivity contribution is 5.49. The van der Waals surface area contributed by atoms with Crippen molar-refractivity contribution in [2.75, 3.05) is 0 Å². The van der Waals surface area contributed by atoms with E-state index in [0.29, 0.717) is 0 Å². The molecular formula is C9H10N2. The predicted molar refractivity (Wildman–Crippen MR) is 47.6 cm³/mol. The van der Waals surface area contributed by atoms with Crippen LogP contribution in [0.25, 0.3) is 6.08 Å². The van der Waals surface area contributed by atoms with Gasteiger partial charge in [0.15, 0.2) is 0 Å². The Balaban J connectivity index is 2.94. The summed E-state index contributed by atoms with van der Waals surface area (Å²) in [4.78, 5) is 7.74. The first-order valence-electron chi connectivity index (χ1n) is 3.38. The summed E-state index contributed by atoms with van der Waals surface area (Å²) in [6.07, 6.45) is 5.23. The zero-order valence-corrected chi connectivity index (χ0v) is 6.49. The highest BCUT2D eigenvalue weighted by Crippen LogP contribution is 2.04. The average Bonchev–Trinajstić information content (AvgIpc) is 2.03. The van der Waals surface area contributed by atoms with Crippen LogP contribution >= 0.6 is 0 Å². The molecule has 0 amide bonds. The Kier molecular flexibility index (Phi) is 2.55. The van der Waals surface area contributed by atoms with Gasteiger partial charge >= 0.3 is 0 Å². The minimum Gasteiger partial charge on any atom is -0.272 e. The van der Waals surface area contributed by atoms with E-state index in [2.05, 4.69) is 16.7 Å². The molecule has 0 aliphatic heterocycles. The number of aryl methyl sites for hydroxylation is 1. The molecule has 2 nitrogen and oxygen atoms in total. The normalized spacial score (nSPS) is 10.3. The smallest absolute Gasteiger partial charge is 0.0674 e. The van der Waals surface area contributed by atoms with Crippen molar-refractivity contribution in [1.82, 2.24) is 4.98 Å². The highest BCUT2D eigenvalue weighted by Gasteiger charge is 1.90. The van der Waals surface area contributed by atoms with Crippen LogP contribution in [0.2, 0.25) is 0 Å². The van der Waals surface area contributed by atoms with Crippen molar-refractivity contribution in [2.24, 2.45) is 4.99 Å². The van der Waals surface area contributed by atoms with E-state index in [1.165, 1.54) is 0 Å². The molecule has 1 aromatic rings. The molecule has 0 radical (unpaired) electrons. The molecule has 0 unspecified atom stereocenters. The maximum absolute atomic E-state index is 4.14. The van der Waals surface area contributed by atoms with Gasteiger partial charge in [0.2, 0.25) is 0 Å². The second-order valence-electron chi connectivity index (χ2n) is 2.20. The van der Waals surface area contributed by atoms with Gasteiger partial charge in [-0.3, -0.25) is 9.98 Å². The molecule has 1 aromatic heterocycles. The maximum Gasteiger partial charge on any atom is 0.0674 e. The van der Waals surface area contributed by atoms with Gasteiger partial charge in [-0.15, -0.1) is 0 Å². The monoisotopic (exact) mass is 146 g/mol. The Labute approximate surface area is 66.3 Å². The molecule has 0 saturated carbocycles. The molecule has 0 aliphatic rings. The second kappa shape index (κ2) is 3.66. The first-order valence-corrected chi connectivity index (χ1v) is 3.38. The molecule has 0 N–H and O–H groups in total. The number of rotatable bonds is 2. The zero-order chi connectivity index (χ0) is 8.10. The van der Waals surface area contributed by atoms with Gasteiger partial charge in [-0.25, -0.2) is 0 Å². The topological polar surface area (TPSA) is 25.2 Å². The summed E-state index contributed by atoms with van der Waals surface area (Å²) in [5, 5.41) is 0. The van der Waals surface area contributed by atoms with Gasteiger partial charge in [-0.1, -0.05) is 6.07 Å². The molecule has 0 aromatic carbocycles. The minimum atomic E-state index is 0.944. The van der Waals surface area contributed by atoms with E-state index >= 15 is 0 Å². The summed E-state index contributed by atoms with van der Waals surface area (Å²) in [5.74, 6) is 0. The Hall–Kier alpha value is -1.44. The summed E-state index contributed by atoms with van der Waals surface area (Å²) in [6, 6.07) is 3.92. The van der Waals surface area contributed by atoms with Gasteiger partial charge < -0.3 is 0 Å². The molecule has 0 saturated heterocycles. The Morgan fingerprint density at radius 3 is 3.09 bits per heavy atom. The summed E-state index contributed by atoms with van der Waals surface area (Å²) in [7, 11) is 0. The van der Waals surface area contributed by atoms with Gasteiger partial charge in [-0.2, -0.15) is 0 Å². The predicted octanol–water partition coefficient (Wildman–Crippen LogP) is 2.06. The summed E-state index contributed by atoms with van der Waals surface area (Å²) in [6.45, 7) is 5.35. The van der Waals surface area contributed by atoms with Crippen LogP contribution < -0.4 is 0 Å². The number of aliphatic imine (C=N–C) groups is 1. The lowest BCUT2D eigenvalue weighted by atomic mass is 10.2. The van der Waals surface area contributed by atoms with E-state index in [4.69, 9.17) is 0 Å². The van der Waals surface area contributed by atoms with Gasteiger partial charge in [-0.05, 0) is 31.3 Å². The van der Waals surface area contributed by atoms with E-state index < -0.39 is 0 Å². The highest BCUT2D eigenvalue weighted by atomic mass is 14.7. The lowest BCUT2D eigenvalue weighted by Gasteiger charge is -1.94. The number of hydrogen-bond acceptors (Lipinski definition) is 2. The van der Waals surface area contributed by atoms with Crippen molar-refractivity contribution in [1.29, 1.82) is 0 Å². The van der Waals surface area contributed by atoms with Crippen molar-refractivity contribution in [3.63, 3.8) is 0 Å². The van der Waals surface area contributed by atoms with Crippen molar-refractivity contribution in [3.8, 4) is 0 Å².